The van der Waals surface area contributed by atoms with Crippen LogP contribution in [-0.4, -0.2) is 50.1 Å². The molecule has 0 aliphatic heterocycles. The van der Waals surface area contributed by atoms with Gasteiger partial charge in [0.05, 0.1) is 13.7 Å². The summed E-state index contributed by atoms with van der Waals surface area (Å²) in [7, 11) is 1.50. The normalized spacial score (nSPS) is 10.7. The van der Waals surface area contributed by atoms with Gasteiger partial charge in [-0.25, -0.2) is 9.42 Å². The number of aromatic carboxylic acids is 1. The summed E-state index contributed by atoms with van der Waals surface area (Å²) in [5.41, 5.74) is 6.05. The van der Waals surface area contributed by atoms with Gasteiger partial charge in [0.15, 0.2) is 17.2 Å². The minimum atomic E-state index is -1.26. The van der Waals surface area contributed by atoms with Gasteiger partial charge in [0.1, 0.15) is 5.69 Å². The second-order valence-electron chi connectivity index (χ2n) is 5.54. The van der Waals surface area contributed by atoms with Crippen molar-refractivity contribution in [2.24, 2.45) is 0 Å². The fourth-order valence-electron chi connectivity index (χ4n) is 2.43. The minimum Gasteiger partial charge on any atom is -0.493 e. The Hall–Kier alpha value is -3.63. The Kier molecular flexibility index (Phi) is 5.20. The molecule has 3 N–H and O–H groups in total. The van der Waals surface area contributed by atoms with Gasteiger partial charge in [-0.2, -0.15) is 4.68 Å². The number of benzene rings is 1. The van der Waals surface area contributed by atoms with Crippen molar-refractivity contribution in [2.45, 2.75) is 19.8 Å². The molecule has 3 rings (SSSR count). The molecule has 0 amide bonds. The molecule has 27 heavy (non-hydrogen) atoms. The molecular weight excluding hydrogens is 356 g/mol. The molecule has 0 unspecified atom stereocenters. The second kappa shape index (κ2) is 7.72. The first kappa shape index (κ1) is 18.2. The van der Waals surface area contributed by atoms with Gasteiger partial charge in [-0.05, 0) is 34.9 Å². The van der Waals surface area contributed by atoms with E-state index in [0.29, 0.717) is 23.7 Å². The monoisotopic (exact) mass is 374 g/mol. The third-order valence-corrected chi connectivity index (χ3v) is 3.76. The van der Waals surface area contributed by atoms with E-state index in [4.69, 9.17) is 15.2 Å². The van der Waals surface area contributed by atoms with Crippen LogP contribution in [0.5, 0.6) is 11.5 Å². The van der Waals surface area contributed by atoms with Crippen LogP contribution in [0, 0.1) is 0 Å². The van der Waals surface area contributed by atoms with E-state index in [-0.39, 0.29) is 23.0 Å². The zero-order chi connectivity index (χ0) is 19.4. The maximum atomic E-state index is 11.6. The van der Waals surface area contributed by atoms with E-state index in [9.17, 15) is 9.90 Å². The Balaban J connectivity index is 2.09. The molecular formula is C16H18N6O5. The van der Waals surface area contributed by atoms with E-state index in [1.54, 1.807) is 18.2 Å². The first-order valence-electron chi connectivity index (χ1n) is 8.15. The molecule has 0 bridgehead atoms. The van der Waals surface area contributed by atoms with E-state index in [2.05, 4.69) is 32.2 Å². The van der Waals surface area contributed by atoms with Crippen LogP contribution in [0.25, 0.3) is 17.1 Å². The minimum absolute atomic E-state index is 0.0345. The van der Waals surface area contributed by atoms with Gasteiger partial charge in [0.25, 0.3) is 0 Å². The van der Waals surface area contributed by atoms with Gasteiger partial charge in [-0.15, -0.1) is 5.10 Å². The van der Waals surface area contributed by atoms with E-state index in [0.717, 1.165) is 17.5 Å². The first-order chi connectivity index (χ1) is 13.1. The summed E-state index contributed by atoms with van der Waals surface area (Å²) in [6.45, 7) is 2.61. The zero-order valence-electron chi connectivity index (χ0n) is 14.7. The Morgan fingerprint density at radius 3 is 2.78 bits per heavy atom. The lowest BCUT2D eigenvalue weighted by atomic mass is 10.1. The average Bonchev–Trinajstić information content (AvgIpc) is 3.28. The van der Waals surface area contributed by atoms with Crippen LogP contribution in [0.3, 0.4) is 0 Å². The van der Waals surface area contributed by atoms with Crippen molar-refractivity contribution < 1.29 is 24.0 Å². The number of nitrogens with two attached hydrogens (primary N) is 1. The highest BCUT2D eigenvalue weighted by Gasteiger charge is 2.25. The molecule has 0 aliphatic carbocycles. The zero-order valence-corrected chi connectivity index (χ0v) is 14.7. The molecule has 0 fully saturated rings. The summed E-state index contributed by atoms with van der Waals surface area (Å²) >= 11 is 0. The lowest BCUT2D eigenvalue weighted by Crippen LogP contribution is -2.06. The third-order valence-electron chi connectivity index (χ3n) is 3.76. The first-order valence-corrected chi connectivity index (χ1v) is 8.15. The predicted octanol–water partition coefficient (Wildman–Crippen LogP) is 1.79. The van der Waals surface area contributed by atoms with Crippen molar-refractivity contribution in [1.29, 1.82) is 0 Å². The van der Waals surface area contributed by atoms with E-state index >= 15 is 0 Å². The smallest absolute Gasteiger partial charge is 0.358 e. The van der Waals surface area contributed by atoms with Crippen LogP contribution in [0.4, 0.5) is 5.82 Å². The summed E-state index contributed by atoms with van der Waals surface area (Å²) in [4.78, 5) is 11.6. The van der Waals surface area contributed by atoms with Crippen LogP contribution < -0.4 is 15.2 Å². The van der Waals surface area contributed by atoms with Crippen molar-refractivity contribution in [3.63, 3.8) is 0 Å². The van der Waals surface area contributed by atoms with Gasteiger partial charge >= 0.3 is 5.97 Å². The summed E-state index contributed by atoms with van der Waals surface area (Å²) in [5.74, 6) is -0.280. The summed E-state index contributed by atoms with van der Waals surface area (Å²) < 4.78 is 16.8. The number of carboxylic acid groups (broad SMARTS) is 1. The van der Waals surface area contributed by atoms with E-state index < -0.39 is 5.97 Å². The van der Waals surface area contributed by atoms with Crippen LogP contribution in [0.1, 0.15) is 30.3 Å². The number of rotatable bonds is 8. The van der Waals surface area contributed by atoms with Gasteiger partial charge in [0.2, 0.25) is 11.6 Å². The number of nitrogen functional groups attached to an aromatic ring is 1. The molecule has 1 aromatic carbocycles. The van der Waals surface area contributed by atoms with E-state index in [1.165, 1.54) is 7.11 Å². The van der Waals surface area contributed by atoms with Crippen LogP contribution >= 0.6 is 0 Å². The standard InChI is InChI=1S/C16H18N6O5/c1-3-4-7-26-10-6-5-9(8-11(10)25-2)13-12(16(23)24)18-21-22(13)15-14(17)19-27-20-15/h5-6,8H,3-4,7H2,1-2H3,(H2,17,19)(H,23,24). The number of carbonyl (C=O) groups is 1. The van der Waals surface area contributed by atoms with Gasteiger partial charge < -0.3 is 20.3 Å². The molecule has 0 spiro atoms. The molecule has 11 heteroatoms. The molecule has 0 aliphatic rings. The predicted molar refractivity (Wildman–Crippen MR) is 93.0 cm³/mol. The molecule has 0 atom stereocenters. The topological polar surface area (TPSA) is 151 Å². The van der Waals surface area contributed by atoms with Gasteiger partial charge in [-0.3, -0.25) is 0 Å². The summed E-state index contributed by atoms with van der Waals surface area (Å²) in [6.07, 6.45) is 1.91. The number of carboxylic acids is 1. The highest BCUT2D eigenvalue weighted by atomic mass is 16.6. The number of methoxy groups -OCH3 is 1. The number of hydrogen-bond donors (Lipinski definition) is 2. The lowest BCUT2D eigenvalue weighted by molar-refractivity contribution is 0.0691. The summed E-state index contributed by atoms with van der Waals surface area (Å²) in [5, 5.41) is 24.1. The molecule has 142 valence electrons. The molecule has 0 radical (unpaired) electrons. The van der Waals surface area contributed by atoms with Gasteiger partial charge in [-0.1, -0.05) is 18.6 Å². The summed E-state index contributed by atoms with van der Waals surface area (Å²) in [6, 6.07) is 5.00. The fourth-order valence-corrected chi connectivity index (χ4v) is 2.43. The Morgan fingerprint density at radius 2 is 2.15 bits per heavy atom. The third kappa shape index (κ3) is 3.52. The maximum absolute atomic E-state index is 11.6. The molecule has 2 heterocycles. The number of ether oxygens (including phenoxy) is 2. The van der Waals surface area contributed by atoms with Gasteiger partial charge in [0, 0.05) is 5.56 Å². The van der Waals surface area contributed by atoms with Crippen molar-refractivity contribution in [2.75, 3.05) is 19.5 Å². The lowest BCUT2D eigenvalue weighted by Gasteiger charge is -2.12. The number of aromatic nitrogens is 5. The van der Waals surface area contributed by atoms with Crippen LogP contribution in [-0.2, 0) is 0 Å². The molecule has 3 aromatic rings. The number of hydrogen-bond acceptors (Lipinski definition) is 9. The van der Waals surface area contributed by atoms with Crippen LogP contribution in [0.2, 0.25) is 0 Å². The largest absolute Gasteiger partial charge is 0.493 e. The van der Waals surface area contributed by atoms with Crippen LogP contribution in [0.15, 0.2) is 22.8 Å². The Morgan fingerprint density at radius 1 is 1.33 bits per heavy atom. The van der Waals surface area contributed by atoms with E-state index in [1.807, 2.05) is 0 Å². The quantitative estimate of drug-likeness (QED) is 0.558. The highest BCUT2D eigenvalue weighted by molar-refractivity contribution is 5.93. The van der Waals surface area contributed by atoms with Crippen molar-refractivity contribution in [3.05, 3.63) is 23.9 Å². The Labute approximate surface area is 153 Å². The van der Waals surface area contributed by atoms with Crippen molar-refractivity contribution >= 4 is 11.8 Å². The highest BCUT2D eigenvalue weighted by Crippen LogP contribution is 2.34. The number of unbranched alkanes of at least 4 members (excludes halogenated alkanes) is 1. The van der Waals surface area contributed by atoms with Crippen molar-refractivity contribution in [1.82, 2.24) is 25.3 Å². The number of nitrogens with zero attached hydrogens (tertiary/aromatic N) is 5. The Bertz CT molecular complexity index is 951. The maximum Gasteiger partial charge on any atom is 0.358 e. The SMILES string of the molecule is CCCCOc1ccc(-c2c(C(=O)O)nnn2-c2nonc2N)cc1OC. The molecule has 0 saturated heterocycles. The average molecular weight is 374 g/mol. The molecule has 2 aromatic heterocycles. The second-order valence-corrected chi connectivity index (χ2v) is 5.54. The fraction of sp³-hybridized carbons (Fsp3) is 0.312. The molecule has 0 saturated carbocycles. The molecule has 11 nitrogen and oxygen atoms in total. The van der Waals surface area contributed by atoms with Crippen molar-refractivity contribution in [3.8, 4) is 28.6 Å². The number of anilines is 1.